The summed E-state index contributed by atoms with van der Waals surface area (Å²) in [4.78, 5) is 31.5. The Labute approximate surface area is 209 Å². The van der Waals surface area contributed by atoms with E-state index < -0.39 is 5.97 Å². The van der Waals surface area contributed by atoms with E-state index in [9.17, 15) is 9.59 Å². The Morgan fingerprint density at radius 1 is 0.944 bits per heavy atom. The number of fused-ring (bicyclic) bond motifs is 2. The molecule has 7 nitrogen and oxygen atoms in total. The zero-order chi connectivity index (χ0) is 24.9. The number of aromatic nitrogens is 1. The van der Waals surface area contributed by atoms with Gasteiger partial charge in [-0.3, -0.25) is 4.79 Å². The van der Waals surface area contributed by atoms with Crippen LogP contribution in [0.15, 0.2) is 78.9 Å². The normalized spacial score (nSPS) is 12.6. The van der Waals surface area contributed by atoms with Crippen molar-refractivity contribution in [3.8, 4) is 5.75 Å². The molecule has 4 aromatic rings. The number of carbonyl (C=O) groups is 2. The summed E-state index contributed by atoms with van der Waals surface area (Å²) in [7, 11) is 0. The highest BCUT2D eigenvalue weighted by Gasteiger charge is 2.18. The highest BCUT2D eigenvalue weighted by Crippen LogP contribution is 2.29. The molecule has 0 saturated heterocycles. The second-order valence-electron chi connectivity index (χ2n) is 8.57. The molecule has 0 fully saturated rings. The zero-order valence-electron chi connectivity index (χ0n) is 20.1. The fraction of sp³-hybridized carbons (Fsp3) is 0.207. The van der Waals surface area contributed by atoms with Gasteiger partial charge in [0.05, 0.1) is 12.2 Å². The molecule has 36 heavy (non-hydrogen) atoms. The van der Waals surface area contributed by atoms with E-state index in [1.54, 1.807) is 31.2 Å². The van der Waals surface area contributed by atoms with Crippen molar-refractivity contribution in [2.45, 2.75) is 19.9 Å². The second kappa shape index (κ2) is 10.5. The summed E-state index contributed by atoms with van der Waals surface area (Å²) < 4.78 is 10.9. The van der Waals surface area contributed by atoms with Crippen molar-refractivity contribution in [3.63, 3.8) is 0 Å². The molecule has 0 bridgehead atoms. The van der Waals surface area contributed by atoms with Crippen LogP contribution in [0.5, 0.6) is 5.75 Å². The van der Waals surface area contributed by atoms with Crippen LogP contribution >= 0.6 is 0 Å². The standard InChI is InChI=1S/C29H27N3O4/c1-2-35-29(34)22-10-13-24(14-11-22)30-27(33)19-36-25-9-5-8-21-12-15-26(31-28(21)25)32-17-16-20-6-3-4-7-23(20)18-32/h3-15H,2,16-19H2,1H3,(H,30,33). The summed E-state index contributed by atoms with van der Waals surface area (Å²) >= 11 is 0. The summed E-state index contributed by atoms with van der Waals surface area (Å²) in [6.07, 6.45) is 0.981. The maximum Gasteiger partial charge on any atom is 0.338 e. The molecule has 0 aliphatic carbocycles. The third-order valence-electron chi connectivity index (χ3n) is 6.16. The molecule has 1 aliphatic rings. The number of hydrogen-bond acceptors (Lipinski definition) is 6. The fourth-order valence-corrected chi connectivity index (χ4v) is 4.34. The van der Waals surface area contributed by atoms with Crippen molar-refractivity contribution in [2.24, 2.45) is 0 Å². The predicted octanol–water partition coefficient (Wildman–Crippen LogP) is 4.99. The molecule has 7 heteroatoms. The Hall–Kier alpha value is -4.39. The van der Waals surface area contributed by atoms with Crippen LogP contribution in [0, 0.1) is 0 Å². The van der Waals surface area contributed by atoms with E-state index in [1.165, 1.54) is 11.1 Å². The molecule has 2 heterocycles. The Balaban J connectivity index is 1.26. The summed E-state index contributed by atoms with van der Waals surface area (Å²) in [5, 5.41) is 3.73. The molecule has 0 radical (unpaired) electrons. The number of esters is 1. The lowest BCUT2D eigenvalue weighted by molar-refractivity contribution is -0.118. The number of hydrogen-bond donors (Lipinski definition) is 1. The van der Waals surface area contributed by atoms with E-state index in [1.807, 2.05) is 30.3 Å². The number of carbonyl (C=O) groups excluding carboxylic acids is 2. The lowest BCUT2D eigenvalue weighted by Crippen LogP contribution is -2.30. The molecule has 182 valence electrons. The topological polar surface area (TPSA) is 80.8 Å². The van der Waals surface area contributed by atoms with Crippen LogP contribution in [0.3, 0.4) is 0 Å². The van der Waals surface area contributed by atoms with Crippen molar-refractivity contribution >= 4 is 34.3 Å². The number of nitrogens with zero attached hydrogens (tertiary/aromatic N) is 2. The van der Waals surface area contributed by atoms with Crippen molar-refractivity contribution in [3.05, 3.63) is 95.6 Å². The second-order valence-corrected chi connectivity index (χ2v) is 8.57. The van der Waals surface area contributed by atoms with Crippen LogP contribution in [0.1, 0.15) is 28.4 Å². The monoisotopic (exact) mass is 481 g/mol. The van der Waals surface area contributed by atoms with E-state index in [0.717, 1.165) is 36.2 Å². The molecule has 1 amide bonds. The smallest absolute Gasteiger partial charge is 0.338 e. The van der Waals surface area contributed by atoms with Gasteiger partial charge < -0.3 is 19.7 Å². The van der Waals surface area contributed by atoms with Gasteiger partial charge in [-0.15, -0.1) is 0 Å². The van der Waals surface area contributed by atoms with Crippen LogP contribution in [0.2, 0.25) is 0 Å². The van der Waals surface area contributed by atoms with Crippen molar-refractivity contribution in [1.82, 2.24) is 4.98 Å². The average Bonchev–Trinajstić information content (AvgIpc) is 2.92. The largest absolute Gasteiger partial charge is 0.481 e. The highest BCUT2D eigenvalue weighted by atomic mass is 16.5. The molecule has 0 saturated carbocycles. The lowest BCUT2D eigenvalue weighted by atomic mass is 10.00. The average molecular weight is 482 g/mol. The van der Waals surface area contributed by atoms with Gasteiger partial charge in [-0.25, -0.2) is 9.78 Å². The number of rotatable bonds is 7. The SMILES string of the molecule is CCOC(=O)c1ccc(NC(=O)COc2cccc3ccc(N4CCc5ccccc5C4)nc23)cc1. The molecule has 0 unspecified atom stereocenters. The zero-order valence-corrected chi connectivity index (χ0v) is 20.1. The van der Waals surface area contributed by atoms with Crippen molar-refractivity contribution in [1.29, 1.82) is 0 Å². The van der Waals surface area contributed by atoms with Gasteiger partial charge in [0.2, 0.25) is 0 Å². The number of benzene rings is 3. The van der Waals surface area contributed by atoms with Crippen LogP contribution in [-0.2, 0) is 22.5 Å². The molecule has 1 N–H and O–H groups in total. The quantitative estimate of drug-likeness (QED) is 0.375. The van der Waals surface area contributed by atoms with Gasteiger partial charge in [-0.1, -0.05) is 36.4 Å². The van der Waals surface area contributed by atoms with Crippen LogP contribution in [0.25, 0.3) is 10.9 Å². The summed E-state index contributed by atoms with van der Waals surface area (Å²) in [6, 6.07) is 24.8. The van der Waals surface area contributed by atoms with Crippen LogP contribution in [0.4, 0.5) is 11.5 Å². The molecule has 0 atom stereocenters. The minimum atomic E-state index is -0.393. The molecule has 0 spiro atoms. The van der Waals surface area contributed by atoms with Gasteiger partial charge in [0.15, 0.2) is 6.61 Å². The van der Waals surface area contributed by atoms with Gasteiger partial charge in [0.25, 0.3) is 5.91 Å². The lowest BCUT2D eigenvalue weighted by Gasteiger charge is -2.30. The maximum atomic E-state index is 12.5. The first-order valence-electron chi connectivity index (χ1n) is 12.0. The number of amides is 1. The molecule has 1 aliphatic heterocycles. The number of pyridine rings is 1. The number of anilines is 2. The number of ether oxygens (including phenoxy) is 2. The van der Waals surface area contributed by atoms with Gasteiger partial charge in [-0.2, -0.15) is 0 Å². The summed E-state index contributed by atoms with van der Waals surface area (Å²) in [6.45, 7) is 3.61. The Bertz CT molecular complexity index is 1400. The molecular formula is C29H27N3O4. The first kappa shape index (κ1) is 23.4. The minimum absolute atomic E-state index is 0.165. The van der Waals surface area contributed by atoms with Crippen molar-refractivity contribution in [2.75, 3.05) is 30.0 Å². The van der Waals surface area contributed by atoms with Crippen LogP contribution < -0.4 is 15.0 Å². The fourth-order valence-electron chi connectivity index (χ4n) is 4.34. The summed E-state index contributed by atoms with van der Waals surface area (Å²) in [5.41, 5.74) is 4.43. The van der Waals surface area contributed by atoms with E-state index in [2.05, 4.69) is 34.5 Å². The molecule has 3 aromatic carbocycles. The first-order chi connectivity index (χ1) is 17.6. The van der Waals surface area contributed by atoms with E-state index in [4.69, 9.17) is 14.5 Å². The van der Waals surface area contributed by atoms with Crippen LogP contribution in [-0.4, -0.2) is 36.6 Å². The number of para-hydroxylation sites is 1. The Morgan fingerprint density at radius 3 is 2.56 bits per heavy atom. The maximum absolute atomic E-state index is 12.5. The highest BCUT2D eigenvalue weighted by molar-refractivity contribution is 5.94. The third kappa shape index (κ3) is 5.15. The molecule has 1 aromatic heterocycles. The first-order valence-corrected chi connectivity index (χ1v) is 12.0. The Morgan fingerprint density at radius 2 is 1.75 bits per heavy atom. The van der Waals surface area contributed by atoms with E-state index in [-0.39, 0.29) is 12.5 Å². The summed E-state index contributed by atoms with van der Waals surface area (Å²) in [5.74, 6) is 0.744. The van der Waals surface area contributed by atoms with Gasteiger partial charge in [-0.05, 0) is 66.9 Å². The van der Waals surface area contributed by atoms with E-state index >= 15 is 0 Å². The third-order valence-corrected chi connectivity index (χ3v) is 6.16. The van der Waals surface area contributed by atoms with Gasteiger partial charge >= 0.3 is 5.97 Å². The van der Waals surface area contributed by atoms with E-state index in [0.29, 0.717) is 23.6 Å². The molecule has 5 rings (SSSR count). The van der Waals surface area contributed by atoms with Gasteiger partial charge in [0.1, 0.15) is 17.1 Å². The predicted molar refractivity (Wildman–Crippen MR) is 139 cm³/mol. The number of nitrogens with one attached hydrogen (secondary N) is 1. The van der Waals surface area contributed by atoms with Gasteiger partial charge in [0, 0.05) is 24.2 Å². The molecular weight excluding hydrogens is 454 g/mol. The van der Waals surface area contributed by atoms with Crippen molar-refractivity contribution < 1.29 is 19.1 Å². The Kier molecular flexibility index (Phi) is 6.80. The minimum Gasteiger partial charge on any atom is -0.481 e.